The first-order valence-electron chi connectivity index (χ1n) is 8.54. The van der Waals surface area contributed by atoms with Crippen molar-refractivity contribution in [2.24, 2.45) is 5.92 Å². The summed E-state index contributed by atoms with van der Waals surface area (Å²) in [5.41, 5.74) is -0.259. The molecule has 2 aromatic rings. The highest BCUT2D eigenvalue weighted by Crippen LogP contribution is 2.22. The minimum Gasteiger partial charge on any atom is -0.493 e. The standard InChI is InChI=1S/C20H20FNO4/c21-18-12-15(20(24)25)6-7-17(18)19(23)22-10-8-14(9-11-22)13-26-16-4-2-1-3-5-16/h1-7,12,14H,8-11,13H2,(H,24,25). The van der Waals surface area contributed by atoms with Crippen LogP contribution in [0.2, 0.25) is 0 Å². The van der Waals surface area contributed by atoms with Crippen LogP contribution in [0.25, 0.3) is 0 Å². The average Bonchev–Trinajstić information content (AvgIpc) is 2.67. The minimum atomic E-state index is -1.22. The third kappa shape index (κ3) is 4.20. The number of carboxylic acid groups (broad SMARTS) is 1. The van der Waals surface area contributed by atoms with E-state index in [-0.39, 0.29) is 11.1 Å². The van der Waals surface area contributed by atoms with Crippen LogP contribution in [0.5, 0.6) is 5.75 Å². The summed E-state index contributed by atoms with van der Waals surface area (Å²) in [6.45, 7) is 1.65. The fourth-order valence-corrected chi connectivity index (χ4v) is 3.03. The fraction of sp³-hybridized carbons (Fsp3) is 0.300. The molecule has 0 aliphatic carbocycles. The highest BCUT2D eigenvalue weighted by Gasteiger charge is 2.26. The SMILES string of the molecule is O=C(O)c1ccc(C(=O)N2CCC(COc3ccccc3)CC2)c(F)c1. The molecule has 0 unspecified atom stereocenters. The number of halogens is 1. The number of para-hydroxylation sites is 1. The molecule has 1 N–H and O–H groups in total. The van der Waals surface area contributed by atoms with E-state index < -0.39 is 17.7 Å². The molecular weight excluding hydrogens is 337 g/mol. The number of benzene rings is 2. The van der Waals surface area contributed by atoms with E-state index in [1.807, 2.05) is 30.3 Å². The molecular formula is C20H20FNO4. The topological polar surface area (TPSA) is 66.8 Å². The maximum absolute atomic E-state index is 14.1. The van der Waals surface area contributed by atoms with E-state index in [1.54, 1.807) is 4.90 Å². The molecule has 136 valence electrons. The second kappa shape index (κ2) is 7.99. The van der Waals surface area contributed by atoms with Gasteiger partial charge in [0.1, 0.15) is 11.6 Å². The number of carbonyl (C=O) groups is 2. The van der Waals surface area contributed by atoms with E-state index in [9.17, 15) is 14.0 Å². The molecule has 1 saturated heterocycles. The van der Waals surface area contributed by atoms with Gasteiger partial charge in [-0.15, -0.1) is 0 Å². The van der Waals surface area contributed by atoms with E-state index in [1.165, 1.54) is 12.1 Å². The quantitative estimate of drug-likeness (QED) is 0.890. The van der Waals surface area contributed by atoms with Gasteiger partial charge in [0.25, 0.3) is 5.91 Å². The highest BCUT2D eigenvalue weighted by atomic mass is 19.1. The van der Waals surface area contributed by atoms with Gasteiger partial charge in [0.05, 0.1) is 17.7 Å². The lowest BCUT2D eigenvalue weighted by Crippen LogP contribution is -2.40. The van der Waals surface area contributed by atoms with Crippen molar-refractivity contribution in [1.82, 2.24) is 4.90 Å². The predicted octanol–water partition coefficient (Wildman–Crippen LogP) is 3.46. The summed E-state index contributed by atoms with van der Waals surface area (Å²) in [6.07, 6.45) is 1.57. The molecule has 0 bridgehead atoms. The van der Waals surface area contributed by atoms with E-state index in [4.69, 9.17) is 9.84 Å². The normalized spacial score (nSPS) is 14.9. The fourth-order valence-electron chi connectivity index (χ4n) is 3.03. The smallest absolute Gasteiger partial charge is 0.335 e. The molecule has 0 aromatic heterocycles. The molecule has 2 aromatic carbocycles. The summed E-state index contributed by atoms with van der Waals surface area (Å²) in [4.78, 5) is 25.0. The van der Waals surface area contributed by atoms with Crippen LogP contribution in [0.15, 0.2) is 48.5 Å². The Morgan fingerprint density at radius 3 is 2.42 bits per heavy atom. The number of aromatic carboxylic acids is 1. The zero-order valence-corrected chi connectivity index (χ0v) is 14.2. The van der Waals surface area contributed by atoms with E-state index in [0.29, 0.717) is 25.6 Å². The Bertz CT molecular complexity index is 786. The Kier molecular flexibility index (Phi) is 5.51. The Morgan fingerprint density at radius 2 is 1.81 bits per heavy atom. The number of nitrogens with zero attached hydrogens (tertiary/aromatic N) is 1. The van der Waals surface area contributed by atoms with Crippen molar-refractivity contribution in [3.63, 3.8) is 0 Å². The molecule has 6 heteroatoms. The number of rotatable bonds is 5. The number of ether oxygens (including phenoxy) is 1. The Labute approximate surface area is 151 Å². The van der Waals surface area contributed by atoms with Crippen LogP contribution in [-0.4, -0.2) is 41.6 Å². The molecule has 1 aliphatic heterocycles. The Balaban J connectivity index is 1.54. The molecule has 3 rings (SSSR count). The molecule has 0 spiro atoms. The average molecular weight is 357 g/mol. The van der Waals surface area contributed by atoms with Crippen molar-refractivity contribution >= 4 is 11.9 Å². The lowest BCUT2D eigenvalue weighted by Gasteiger charge is -2.32. The Morgan fingerprint density at radius 1 is 1.12 bits per heavy atom. The summed E-state index contributed by atoms with van der Waals surface area (Å²) < 4.78 is 19.8. The number of piperidine rings is 1. The van der Waals surface area contributed by atoms with Crippen molar-refractivity contribution in [2.75, 3.05) is 19.7 Å². The minimum absolute atomic E-state index is 0.0889. The van der Waals surface area contributed by atoms with Gasteiger partial charge < -0.3 is 14.7 Å². The first-order chi connectivity index (χ1) is 12.5. The van der Waals surface area contributed by atoms with Crippen molar-refractivity contribution in [3.05, 3.63) is 65.5 Å². The molecule has 0 saturated carbocycles. The molecule has 26 heavy (non-hydrogen) atoms. The van der Waals surface area contributed by atoms with Gasteiger partial charge in [0, 0.05) is 13.1 Å². The van der Waals surface area contributed by atoms with Gasteiger partial charge in [-0.1, -0.05) is 18.2 Å². The maximum atomic E-state index is 14.1. The first kappa shape index (κ1) is 17.9. The zero-order valence-electron chi connectivity index (χ0n) is 14.2. The second-order valence-corrected chi connectivity index (χ2v) is 6.36. The molecule has 1 fully saturated rings. The number of hydrogen-bond acceptors (Lipinski definition) is 3. The van der Waals surface area contributed by atoms with Gasteiger partial charge in [0.2, 0.25) is 0 Å². The summed E-state index contributed by atoms with van der Waals surface area (Å²) in [7, 11) is 0. The van der Waals surface area contributed by atoms with Crippen molar-refractivity contribution in [1.29, 1.82) is 0 Å². The molecule has 0 atom stereocenters. The van der Waals surface area contributed by atoms with Gasteiger partial charge in [0.15, 0.2) is 0 Å². The van der Waals surface area contributed by atoms with Crippen LogP contribution in [0.3, 0.4) is 0 Å². The predicted molar refractivity (Wildman–Crippen MR) is 93.9 cm³/mol. The molecule has 0 radical (unpaired) electrons. The summed E-state index contributed by atoms with van der Waals surface area (Å²) in [5, 5.41) is 8.88. The van der Waals surface area contributed by atoms with Gasteiger partial charge in [-0.05, 0) is 49.1 Å². The summed E-state index contributed by atoms with van der Waals surface area (Å²) in [6, 6.07) is 13.0. The third-order valence-corrected chi connectivity index (χ3v) is 4.58. The third-order valence-electron chi connectivity index (χ3n) is 4.58. The zero-order chi connectivity index (χ0) is 18.5. The number of carboxylic acids is 1. The number of carbonyl (C=O) groups excluding carboxylic acids is 1. The van der Waals surface area contributed by atoms with Crippen LogP contribution < -0.4 is 4.74 Å². The van der Waals surface area contributed by atoms with Gasteiger partial charge in [-0.2, -0.15) is 0 Å². The lowest BCUT2D eigenvalue weighted by atomic mass is 9.97. The number of likely N-dealkylation sites (tertiary alicyclic amines) is 1. The van der Waals surface area contributed by atoms with Crippen LogP contribution in [0, 0.1) is 11.7 Å². The van der Waals surface area contributed by atoms with Gasteiger partial charge in [-0.25, -0.2) is 9.18 Å². The second-order valence-electron chi connectivity index (χ2n) is 6.36. The monoisotopic (exact) mass is 357 g/mol. The lowest BCUT2D eigenvalue weighted by molar-refractivity contribution is 0.0651. The van der Waals surface area contributed by atoms with Crippen molar-refractivity contribution < 1.29 is 23.8 Å². The summed E-state index contributed by atoms with van der Waals surface area (Å²) >= 11 is 0. The Hall–Kier alpha value is -2.89. The number of hydrogen-bond donors (Lipinski definition) is 1. The summed E-state index contributed by atoms with van der Waals surface area (Å²) in [5.74, 6) is -1.25. The van der Waals surface area contributed by atoms with Gasteiger partial charge in [-0.3, -0.25) is 4.79 Å². The first-order valence-corrected chi connectivity index (χ1v) is 8.54. The highest BCUT2D eigenvalue weighted by molar-refractivity contribution is 5.96. The van der Waals surface area contributed by atoms with E-state index in [0.717, 1.165) is 24.7 Å². The van der Waals surface area contributed by atoms with Crippen LogP contribution in [-0.2, 0) is 0 Å². The van der Waals surface area contributed by atoms with E-state index >= 15 is 0 Å². The van der Waals surface area contributed by atoms with Crippen molar-refractivity contribution in [3.8, 4) is 5.75 Å². The van der Waals surface area contributed by atoms with E-state index in [2.05, 4.69) is 0 Å². The van der Waals surface area contributed by atoms with Crippen LogP contribution >= 0.6 is 0 Å². The van der Waals surface area contributed by atoms with Crippen molar-refractivity contribution in [2.45, 2.75) is 12.8 Å². The molecule has 1 heterocycles. The van der Waals surface area contributed by atoms with Crippen LogP contribution in [0.1, 0.15) is 33.6 Å². The van der Waals surface area contributed by atoms with Gasteiger partial charge >= 0.3 is 5.97 Å². The van der Waals surface area contributed by atoms with Crippen LogP contribution in [0.4, 0.5) is 4.39 Å². The molecule has 5 nitrogen and oxygen atoms in total. The number of amides is 1. The largest absolute Gasteiger partial charge is 0.493 e. The molecule has 1 amide bonds. The molecule has 1 aliphatic rings. The maximum Gasteiger partial charge on any atom is 0.335 e.